The molecule has 1 aromatic heterocycles. The van der Waals surface area contributed by atoms with E-state index in [2.05, 4.69) is 22.4 Å². The van der Waals surface area contributed by atoms with Crippen LogP contribution in [0.5, 0.6) is 0 Å². The summed E-state index contributed by atoms with van der Waals surface area (Å²) in [6.45, 7) is 3.29. The minimum Gasteiger partial charge on any atom is -0.455 e. The summed E-state index contributed by atoms with van der Waals surface area (Å²) in [6, 6.07) is 10.0. The first-order valence-corrected chi connectivity index (χ1v) is 10.2. The Bertz CT molecular complexity index is 908. The molecule has 146 valence electrons. The van der Waals surface area contributed by atoms with Gasteiger partial charge < -0.3 is 19.7 Å². The average molecular weight is 378 g/mol. The fourth-order valence-corrected chi connectivity index (χ4v) is 4.94. The van der Waals surface area contributed by atoms with Gasteiger partial charge in [0.15, 0.2) is 5.76 Å². The zero-order valence-electron chi connectivity index (χ0n) is 15.9. The number of nitrogens with zero attached hydrogens (tertiary/aromatic N) is 1. The Kier molecular flexibility index (Phi) is 4.57. The monoisotopic (exact) mass is 378 g/mol. The Morgan fingerprint density at radius 2 is 2.11 bits per heavy atom. The first-order valence-electron chi connectivity index (χ1n) is 10.2. The summed E-state index contributed by atoms with van der Waals surface area (Å²) in [4.78, 5) is 15.3. The van der Waals surface area contributed by atoms with E-state index in [0.29, 0.717) is 11.7 Å². The van der Waals surface area contributed by atoms with Crippen LogP contribution >= 0.6 is 0 Å². The molecule has 1 unspecified atom stereocenters. The molecule has 3 aliphatic heterocycles. The van der Waals surface area contributed by atoms with Crippen molar-refractivity contribution in [2.45, 2.75) is 37.8 Å². The summed E-state index contributed by atoms with van der Waals surface area (Å²) >= 11 is 0. The molecule has 5 nitrogen and oxygen atoms in total. The first kappa shape index (κ1) is 17.7. The van der Waals surface area contributed by atoms with Gasteiger partial charge in [-0.3, -0.25) is 4.79 Å². The topological polar surface area (TPSA) is 65.7 Å². The molecule has 4 heterocycles. The summed E-state index contributed by atoms with van der Waals surface area (Å²) in [5.41, 5.74) is 2.97. The van der Waals surface area contributed by atoms with E-state index in [9.17, 15) is 9.90 Å². The summed E-state index contributed by atoms with van der Waals surface area (Å²) in [5.74, 6) is 1.80. The van der Waals surface area contributed by atoms with Crippen LogP contribution in [-0.2, 0) is 6.61 Å². The second kappa shape index (κ2) is 7.22. The number of fused-ring (bicyclic) bond motifs is 4. The number of carbonyl (C=O) groups is 1. The highest BCUT2D eigenvalue weighted by Crippen LogP contribution is 2.37. The second-order valence-electron chi connectivity index (χ2n) is 8.24. The first-order chi connectivity index (χ1) is 13.7. The summed E-state index contributed by atoms with van der Waals surface area (Å²) in [7, 11) is 0. The van der Waals surface area contributed by atoms with Crippen LogP contribution in [0.3, 0.4) is 0 Å². The molecule has 6 rings (SSSR count). The number of hydrogen-bond acceptors (Lipinski definition) is 4. The van der Waals surface area contributed by atoms with Crippen molar-refractivity contribution in [3.8, 4) is 0 Å². The van der Waals surface area contributed by atoms with Crippen molar-refractivity contribution in [1.82, 2.24) is 10.2 Å². The summed E-state index contributed by atoms with van der Waals surface area (Å²) < 4.78 is 6.09. The van der Waals surface area contributed by atoms with Crippen molar-refractivity contribution >= 4 is 12.0 Å². The molecule has 1 amide bonds. The highest BCUT2D eigenvalue weighted by atomic mass is 16.4. The van der Waals surface area contributed by atoms with E-state index in [4.69, 9.17) is 4.42 Å². The van der Waals surface area contributed by atoms with E-state index in [1.807, 2.05) is 30.3 Å². The molecule has 4 aliphatic rings. The molecule has 0 spiro atoms. The largest absolute Gasteiger partial charge is 0.455 e. The number of aliphatic hydroxyl groups is 1. The number of benzene rings is 1. The smallest absolute Gasteiger partial charge is 0.287 e. The molecule has 2 atom stereocenters. The SMILES string of the molecule is O=C(N[C@H]1CN2CCC1CC2)c1cc2c(o1)C(c1cccc(CO)c1)CC=C2. The molecule has 1 aromatic carbocycles. The Labute approximate surface area is 165 Å². The number of piperidine rings is 3. The van der Waals surface area contributed by atoms with Crippen molar-refractivity contribution in [1.29, 1.82) is 0 Å². The number of allylic oxidation sites excluding steroid dienone is 1. The van der Waals surface area contributed by atoms with Crippen molar-refractivity contribution in [2.24, 2.45) is 5.92 Å². The van der Waals surface area contributed by atoms with E-state index >= 15 is 0 Å². The van der Waals surface area contributed by atoms with E-state index in [1.54, 1.807) is 0 Å². The molecule has 2 N–H and O–H groups in total. The molecule has 3 saturated heterocycles. The lowest BCUT2D eigenvalue weighted by Gasteiger charge is -2.44. The highest BCUT2D eigenvalue weighted by molar-refractivity contribution is 5.92. The Morgan fingerprint density at radius 3 is 2.86 bits per heavy atom. The van der Waals surface area contributed by atoms with Gasteiger partial charge in [0.2, 0.25) is 0 Å². The quantitative estimate of drug-likeness (QED) is 0.858. The van der Waals surface area contributed by atoms with Gasteiger partial charge in [-0.15, -0.1) is 0 Å². The molecule has 28 heavy (non-hydrogen) atoms. The standard InChI is InChI=1S/C23H26N2O3/c26-14-15-3-1-4-17(11-15)19-6-2-5-18-12-21(28-22(18)19)23(27)24-20-13-25-9-7-16(20)8-10-25/h1-5,11-12,16,19-20,26H,6-10,13-14H2,(H,24,27)/t19?,20-/m0/s1. The maximum absolute atomic E-state index is 12.9. The predicted octanol–water partition coefficient (Wildman–Crippen LogP) is 3.14. The number of nitrogens with one attached hydrogen (secondary N) is 1. The minimum absolute atomic E-state index is 0.0225. The van der Waals surface area contributed by atoms with E-state index < -0.39 is 0 Å². The lowest BCUT2D eigenvalue weighted by atomic mass is 9.84. The van der Waals surface area contributed by atoms with Gasteiger partial charge in [0.1, 0.15) is 5.76 Å². The van der Waals surface area contributed by atoms with Crippen molar-refractivity contribution in [3.05, 3.63) is 64.6 Å². The van der Waals surface area contributed by atoms with Crippen molar-refractivity contribution in [3.63, 3.8) is 0 Å². The fraction of sp³-hybridized carbons (Fsp3) is 0.435. The molecule has 1 aliphatic carbocycles. The van der Waals surface area contributed by atoms with E-state index in [1.165, 1.54) is 12.8 Å². The van der Waals surface area contributed by atoms with Gasteiger partial charge in [-0.2, -0.15) is 0 Å². The molecular weight excluding hydrogens is 352 g/mol. The van der Waals surface area contributed by atoms with Crippen LogP contribution in [0, 0.1) is 5.92 Å². The second-order valence-corrected chi connectivity index (χ2v) is 8.24. The average Bonchev–Trinajstić information content (AvgIpc) is 3.19. The lowest BCUT2D eigenvalue weighted by molar-refractivity contribution is 0.0605. The van der Waals surface area contributed by atoms with Gasteiger partial charge in [-0.1, -0.05) is 36.4 Å². The van der Waals surface area contributed by atoms with Gasteiger partial charge in [0, 0.05) is 24.1 Å². The number of amides is 1. The van der Waals surface area contributed by atoms with Crippen LogP contribution in [0.25, 0.3) is 6.08 Å². The molecule has 2 bridgehead atoms. The molecule has 2 aromatic rings. The minimum atomic E-state index is -0.107. The van der Waals surface area contributed by atoms with Crippen LogP contribution in [0.2, 0.25) is 0 Å². The van der Waals surface area contributed by atoms with Crippen LogP contribution in [0.15, 0.2) is 40.8 Å². The molecule has 3 fully saturated rings. The Balaban J connectivity index is 1.37. The van der Waals surface area contributed by atoms with E-state index in [-0.39, 0.29) is 24.5 Å². The Hall–Kier alpha value is -2.37. The fourth-order valence-electron chi connectivity index (χ4n) is 4.94. The third kappa shape index (κ3) is 3.19. The molecule has 5 heteroatoms. The molecule has 0 saturated carbocycles. The highest BCUT2D eigenvalue weighted by Gasteiger charge is 2.35. The normalized spacial score (nSPS) is 28.2. The number of hydrogen-bond donors (Lipinski definition) is 2. The number of rotatable bonds is 4. The van der Waals surface area contributed by atoms with Crippen LogP contribution < -0.4 is 5.32 Å². The number of furan rings is 1. The maximum atomic E-state index is 12.9. The Morgan fingerprint density at radius 1 is 1.25 bits per heavy atom. The van der Waals surface area contributed by atoms with Crippen LogP contribution in [-0.4, -0.2) is 41.6 Å². The van der Waals surface area contributed by atoms with Gasteiger partial charge in [-0.25, -0.2) is 0 Å². The maximum Gasteiger partial charge on any atom is 0.287 e. The van der Waals surface area contributed by atoms with Crippen molar-refractivity contribution in [2.75, 3.05) is 19.6 Å². The van der Waals surface area contributed by atoms with Gasteiger partial charge >= 0.3 is 0 Å². The summed E-state index contributed by atoms with van der Waals surface area (Å²) in [5, 5.41) is 12.7. The third-order valence-corrected chi connectivity index (χ3v) is 6.51. The third-order valence-electron chi connectivity index (χ3n) is 6.51. The van der Waals surface area contributed by atoms with Crippen LogP contribution in [0.4, 0.5) is 0 Å². The van der Waals surface area contributed by atoms with Gasteiger partial charge in [0.05, 0.1) is 6.61 Å². The zero-order chi connectivity index (χ0) is 19.1. The van der Waals surface area contributed by atoms with Gasteiger partial charge in [0.25, 0.3) is 5.91 Å². The summed E-state index contributed by atoms with van der Waals surface area (Å²) in [6.07, 6.45) is 7.34. The zero-order valence-corrected chi connectivity index (χ0v) is 15.9. The lowest BCUT2D eigenvalue weighted by Crippen LogP contribution is -2.57. The van der Waals surface area contributed by atoms with Crippen LogP contribution in [0.1, 0.15) is 58.2 Å². The molecular formula is C23H26N2O3. The van der Waals surface area contributed by atoms with Gasteiger partial charge in [-0.05, 0) is 55.5 Å². The molecule has 0 radical (unpaired) electrons. The number of carbonyl (C=O) groups excluding carboxylic acids is 1. The predicted molar refractivity (Wildman–Crippen MR) is 107 cm³/mol. The van der Waals surface area contributed by atoms with E-state index in [0.717, 1.165) is 48.5 Å². The van der Waals surface area contributed by atoms with Crippen molar-refractivity contribution < 1.29 is 14.3 Å². The number of aliphatic hydroxyl groups excluding tert-OH is 1.